The van der Waals surface area contributed by atoms with E-state index < -0.39 is 30.5 Å². The van der Waals surface area contributed by atoms with Crippen molar-refractivity contribution in [1.29, 1.82) is 0 Å². The molecule has 1 aromatic heterocycles. The molecule has 2 N–H and O–H groups in total. The fourth-order valence-corrected chi connectivity index (χ4v) is 2.14. The van der Waals surface area contributed by atoms with E-state index >= 15 is 0 Å². The van der Waals surface area contributed by atoms with Crippen LogP contribution in [0, 0.1) is 0 Å². The summed E-state index contributed by atoms with van der Waals surface area (Å²) in [5.74, 6) is 2.41. The van der Waals surface area contributed by atoms with Gasteiger partial charge in [-0.05, 0) is 12.1 Å². The number of nitrogens with two attached hydrogens (primary N) is 1. The Morgan fingerprint density at radius 2 is 1.81 bits per heavy atom. The molecule has 1 saturated heterocycles. The number of anilines is 2. The molecule has 0 aliphatic carbocycles. The van der Waals surface area contributed by atoms with Crippen molar-refractivity contribution < 1.29 is 22.0 Å². The zero-order valence-electron chi connectivity index (χ0n) is 11.3. The molecule has 1 aliphatic heterocycles. The fourth-order valence-electron chi connectivity index (χ4n) is 2.14. The standard InChI is InChI=1S/C12H15F5N4/c1-20(18)9-3-2-8(12(15,16)17)10(19-9)21-6-4-11(13,14)5-7-21/h2-3H,4-7,18H2,1H3. The SMILES string of the molecule is CN(N)c1ccc(C(F)(F)F)c(N2CCC(F)(F)CC2)n1. The van der Waals surface area contributed by atoms with Gasteiger partial charge in [-0.25, -0.2) is 19.6 Å². The average molecular weight is 310 g/mol. The summed E-state index contributed by atoms with van der Waals surface area (Å²) in [5.41, 5.74) is -0.946. The lowest BCUT2D eigenvalue weighted by Crippen LogP contribution is -2.41. The molecule has 9 heteroatoms. The Balaban J connectivity index is 2.37. The van der Waals surface area contributed by atoms with E-state index in [1.807, 2.05) is 0 Å². The molecule has 1 aliphatic rings. The molecule has 0 unspecified atom stereocenters. The Bertz CT molecular complexity index is 505. The maximum absolute atomic E-state index is 13.1. The van der Waals surface area contributed by atoms with Crippen LogP contribution in [0.1, 0.15) is 18.4 Å². The van der Waals surface area contributed by atoms with E-state index in [0.29, 0.717) is 0 Å². The Labute approximate surface area is 118 Å². The third kappa shape index (κ3) is 3.52. The molecule has 2 rings (SSSR count). The molecule has 0 bridgehead atoms. The van der Waals surface area contributed by atoms with E-state index in [1.165, 1.54) is 11.9 Å². The smallest absolute Gasteiger partial charge is 0.356 e. The summed E-state index contributed by atoms with van der Waals surface area (Å²) in [6.45, 7) is -0.359. The van der Waals surface area contributed by atoms with Crippen LogP contribution in [-0.2, 0) is 6.18 Å². The first-order chi connectivity index (χ1) is 9.60. The molecule has 4 nitrogen and oxygen atoms in total. The highest BCUT2D eigenvalue weighted by Gasteiger charge is 2.40. The number of alkyl halides is 5. The molecule has 0 radical (unpaired) electrons. The van der Waals surface area contributed by atoms with Crippen LogP contribution >= 0.6 is 0 Å². The van der Waals surface area contributed by atoms with Crippen molar-refractivity contribution in [2.24, 2.45) is 5.84 Å². The summed E-state index contributed by atoms with van der Waals surface area (Å²) in [4.78, 5) is 5.10. The molecule has 2 heterocycles. The van der Waals surface area contributed by atoms with Crippen molar-refractivity contribution in [3.8, 4) is 0 Å². The fraction of sp³-hybridized carbons (Fsp3) is 0.583. The summed E-state index contributed by atoms with van der Waals surface area (Å²) >= 11 is 0. The van der Waals surface area contributed by atoms with E-state index in [0.717, 1.165) is 17.1 Å². The van der Waals surface area contributed by atoms with Crippen LogP contribution in [0.2, 0.25) is 0 Å². The van der Waals surface area contributed by atoms with Crippen LogP contribution in [0.5, 0.6) is 0 Å². The Morgan fingerprint density at radius 3 is 2.29 bits per heavy atom. The number of aromatic nitrogens is 1. The first-order valence-corrected chi connectivity index (χ1v) is 6.29. The first-order valence-electron chi connectivity index (χ1n) is 6.29. The highest BCUT2D eigenvalue weighted by atomic mass is 19.4. The minimum Gasteiger partial charge on any atom is -0.356 e. The summed E-state index contributed by atoms with van der Waals surface area (Å²) in [6, 6.07) is 2.01. The van der Waals surface area contributed by atoms with Gasteiger partial charge in [0, 0.05) is 33.0 Å². The van der Waals surface area contributed by atoms with Gasteiger partial charge >= 0.3 is 6.18 Å². The van der Waals surface area contributed by atoms with Crippen LogP contribution in [-0.4, -0.2) is 31.0 Å². The van der Waals surface area contributed by atoms with Crippen molar-refractivity contribution in [1.82, 2.24) is 4.98 Å². The van der Waals surface area contributed by atoms with Gasteiger partial charge in [-0.1, -0.05) is 0 Å². The molecule has 0 saturated carbocycles. The number of hydrazine groups is 1. The van der Waals surface area contributed by atoms with Crippen molar-refractivity contribution in [3.63, 3.8) is 0 Å². The number of hydrogen-bond donors (Lipinski definition) is 1. The van der Waals surface area contributed by atoms with Crippen LogP contribution in [0.25, 0.3) is 0 Å². The third-order valence-corrected chi connectivity index (χ3v) is 3.32. The van der Waals surface area contributed by atoms with Gasteiger partial charge in [-0.2, -0.15) is 13.2 Å². The molecular formula is C12H15F5N4. The molecule has 0 spiro atoms. The molecule has 1 aromatic rings. The number of pyridine rings is 1. The van der Waals surface area contributed by atoms with Gasteiger partial charge in [-0.3, -0.25) is 5.01 Å². The summed E-state index contributed by atoms with van der Waals surface area (Å²) < 4.78 is 65.4. The molecule has 118 valence electrons. The minimum atomic E-state index is -4.60. The van der Waals surface area contributed by atoms with Gasteiger partial charge in [0.05, 0.1) is 5.56 Å². The number of rotatable bonds is 2. The largest absolute Gasteiger partial charge is 0.419 e. The number of piperidine rings is 1. The zero-order valence-corrected chi connectivity index (χ0v) is 11.3. The minimum absolute atomic E-state index is 0.135. The Hall–Kier alpha value is -1.64. The van der Waals surface area contributed by atoms with E-state index in [-0.39, 0.29) is 24.7 Å². The molecule has 0 atom stereocenters. The van der Waals surface area contributed by atoms with E-state index in [1.54, 1.807) is 0 Å². The van der Waals surface area contributed by atoms with Gasteiger partial charge < -0.3 is 4.90 Å². The first kappa shape index (κ1) is 15.7. The van der Waals surface area contributed by atoms with Gasteiger partial charge in [-0.15, -0.1) is 0 Å². The van der Waals surface area contributed by atoms with Gasteiger partial charge in [0.25, 0.3) is 5.92 Å². The van der Waals surface area contributed by atoms with Crippen LogP contribution in [0.4, 0.5) is 33.6 Å². The van der Waals surface area contributed by atoms with Gasteiger partial charge in [0.1, 0.15) is 11.6 Å². The monoisotopic (exact) mass is 310 g/mol. The summed E-state index contributed by atoms with van der Waals surface area (Å²) in [7, 11) is 1.43. The second-order valence-electron chi connectivity index (χ2n) is 4.99. The number of halogens is 5. The highest BCUT2D eigenvalue weighted by Crippen LogP contribution is 2.38. The Kier molecular flexibility index (Phi) is 3.96. The summed E-state index contributed by atoms with van der Waals surface area (Å²) in [5, 5.41) is 1.07. The maximum Gasteiger partial charge on any atom is 0.419 e. The van der Waals surface area contributed by atoms with Crippen molar-refractivity contribution in [2.75, 3.05) is 30.0 Å². The van der Waals surface area contributed by atoms with Crippen LogP contribution in [0.3, 0.4) is 0 Å². The number of hydrogen-bond acceptors (Lipinski definition) is 4. The Morgan fingerprint density at radius 1 is 1.24 bits per heavy atom. The van der Waals surface area contributed by atoms with Gasteiger partial charge in [0.15, 0.2) is 0 Å². The average Bonchev–Trinajstić information content (AvgIpc) is 2.37. The highest BCUT2D eigenvalue weighted by molar-refractivity contribution is 5.55. The molecule has 0 amide bonds. The van der Waals surface area contributed by atoms with Crippen molar-refractivity contribution >= 4 is 11.6 Å². The topological polar surface area (TPSA) is 45.4 Å². The quantitative estimate of drug-likeness (QED) is 0.518. The third-order valence-electron chi connectivity index (χ3n) is 3.32. The molecule has 21 heavy (non-hydrogen) atoms. The zero-order chi connectivity index (χ0) is 15.8. The van der Waals surface area contributed by atoms with Gasteiger partial charge in [0.2, 0.25) is 0 Å². The van der Waals surface area contributed by atoms with E-state index in [2.05, 4.69) is 4.98 Å². The van der Waals surface area contributed by atoms with E-state index in [4.69, 9.17) is 5.84 Å². The predicted molar refractivity (Wildman–Crippen MR) is 68.2 cm³/mol. The van der Waals surface area contributed by atoms with Crippen molar-refractivity contribution in [2.45, 2.75) is 24.9 Å². The predicted octanol–water partition coefficient (Wildman–Crippen LogP) is 2.65. The number of nitrogens with zero attached hydrogens (tertiary/aromatic N) is 3. The lowest BCUT2D eigenvalue weighted by molar-refractivity contribution is -0.137. The molecule has 0 aromatic carbocycles. The van der Waals surface area contributed by atoms with Crippen LogP contribution in [0.15, 0.2) is 12.1 Å². The lowest BCUT2D eigenvalue weighted by Gasteiger charge is -2.34. The normalized spacial score (nSPS) is 18.7. The van der Waals surface area contributed by atoms with Crippen LogP contribution < -0.4 is 15.8 Å². The van der Waals surface area contributed by atoms with Crippen molar-refractivity contribution in [3.05, 3.63) is 17.7 Å². The molecular weight excluding hydrogens is 295 g/mol. The lowest BCUT2D eigenvalue weighted by atomic mass is 10.1. The molecule has 1 fully saturated rings. The second-order valence-corrected chi connectivity index (χ2v) is 4.99. The van der Waals surface area contributed by atoms with E-state index in [9.17, 15) is 22.0 Å². The summed E-state index contributed by atoms with van der Waals surface area (Å²) in [6.07, 6.45) is -5.59. The maximum atomic E-state index is 13.1. The second kappa shape index (κ2) is 5.28.